The molecule has 0 radical (unpaired) electrons. The summed E-state index contributed by atoms with van der Waals surface area (Å²) in [5, 5.41) is 0. The molecule has 0 aliphatic rings. The number of hydrogen-bond acceptors (Lipinski definition) is 1. The Morgan fingerprint density at radius 2 is 1.25 bits per heavy atom. The van der Waals surface area contributed by atoms with Crippen LogP contribution in [0.3, 0.4) is 0 Å². The van der Waals surface area contributed by atoms with E-state index in [2.05, 4.69) is 27.7 Å². The van der Waals surface area contributed by atoms with Crippen molar-refractivity contribution in [2.75, 3.05) is 0 Å². The summed E-state index contributed by atoms with van der Waals surface area (Å²) in [5.74, 6) is 0. The molecule has 0 saturated carbocycles. The Kier molecular flexibility index (Phi) is 4.44. The maximum atomic E-state index is 5.38. The third-order valence-electron chi connectivity index (χ3n) is 1.14. The van der Waals surface area contributed by atoms with Crippen LogP contribution in [0.4, 0.5) is 0 Å². The second-order valence-electron chi connectivity index (χ2n) is 2.71. The Hall–Kier alpha value is 1.02. The monoisotopic (exact) mass is 238 g/mol. The van der Waals surface area contributed by atoms with E-state index in [1.807, 2.05) is 0 Å². The average molecular weight is 237 g/mol. The van der Waals surface area contributed by atoms with E-state index in [9.17, 15) is 0 Å². The van der Waals surface area contributed by atoms with Gasteiger partial charge in [0.15, 0.2) is 0 Å². The summed E-state index contributed by atoms with van der Waals surface area (Å²) in [6.07, 6.45) is 0. The van der Waals surface area contributed by atoms with Crippen molar-refractivity contribution in [3.05, 3.63) is 0 Å². The summed E-state index contributed by atoms with van der Waals surface area (Å²) < 4.78 is 1.71. The van der Waals surface area contributed by atoms with Crippen LogP contribution in [0.2, 0.25) is 7.87 Å². The van der Waals surface area contributed by atoms with Crippen molar-refractivity contribution < 1.29 is 0 Å². The Morgan fingerprint density at radius 3 is 1.25 bits per heavy atom. The molecule has 0 atom stereocenters. The van der Waals surface area contributed by atoms with E-state index in [4.69, 9.17) is 9.29 Å². The topological polar surface area (TPSA) is 0 Å². The standard InChI is InChI=1S/2C3H7.S.Sn/c2*1-3-2;;/h2*3H,1-2H3;;. The first-order chi connectivity index (χ1) is 3.55. The summed E-state index contributed by atoms with van der Waals surface area (Å²) in [6.45, 7) is 9.06. The van der Waals surface area contributed by atoms with Crippen LogP contribution in [0.1, 0.15) is 27.7 Å². The van der Waals surface area contributed by atoms with Crippen LogP contribution in [0, 0.1) is 0 Å². The third kappa shape index (κ3) is 3.13. The molecule has 0 amide bonds. The predicted molar refractivity (Wildman–Crippen MR) is 43.5 cm³/mol. The average Bonchev–Trinajstić information content (AvgIpc) is 1.64. The van der Waals surface area contributed by atoms with Gasteiger partial charge in [-0.25, -0.2) is 0 Å². The first kappa shape index (κ1) is 9.02. The fraction of sp³-hybridized carbons (Fsp3) is 1.00. The summed E-state index contributed by atoms with van der Waals surface area (Å²) in [6, 6.07) is 0. The first-order valence-corrected chi connectivity index (χ1v) is 10.3. The minimum atomic E-state index is -1.27. The molecular formula is C6H14SSn. The predicted octanol–water partition coefficient (Wildman–Crippen LogP) is 3.00. The van der Waals surface area contributed by atoms with Crippen LogP contribution in [0.15, 0.2) is 0 Å². The van der Waals surface area contributed by atoms with Crippen molar-refractivity contribution in [1.29, 1.82) is 0 Å². The van der Waals surface area contributed by atoms with E-state index < -0.39 is 17.8 Å². The van der Waals surface area contributed by atoms with Gasteiger partial charge in [-0.05, 0) is 0 Å². The van der Waals surface area contributed by atoms with Crippen molar-refractivity contribution in [1.82, 2.24) is 0 Å². The molecule has 0 fully saturated rings. The van der Waals surface area contributed by atoms with Crippen LogP contribution >= 0.6 is 9.29 Å². The van der Waals surface area contributed by atoms with Gasteiger partial charge in [0.05, 0.1) is 0 Å². The van der Waals surface area contributed by atoms with E-state index in [-0.39, 0.29) is 0 Å². The normalized spacial score (nSPS) is 10.8. The quantitative estimate of drug-likeness (QED) is 0.665. The summed E-state index contributed by atoms with van der Waals surface area (Å²) >= 11 is -1.27. The second-order valence-corrected chi connectivity index (χ2v) is 14.8. The molecule has 0 aliphatic heterocycles. The minimum absolute atomic E-state index is 0.854. The van der Waals surface area contributed by atoms with Crippen LogP contribution < -0.4 is 0 Å². The summed E-state index contributed by atoms with van der Waals surface area (Å²) in [5.41, 5.74) is 0. The van der Waals surface area contributed by atoms with E-state index in [1.54, 1.807) is 0 Å². The molecule has 0 aromatic heterocycles. The van der Waals surface area contributed by atoms with Crippen LogP contribution in [-0.4, -0.2) is 17.8 Å². The molecule has 0 saturated heterocycles. The van der Waals surface area contributed by atoms with Gasteiger partial charge in [-0.1, -0.05) is 0 Å². The van der Waals surface area contributed by atoms with Crippen molar-refractivity contribution in [3.63, 3.8) is 0 Å². The molecule has 0 aliphatic carbocycles. The molecule has 0 N–H and O–H groups in total. The molecule has 0 nitrogen and oxygen atoms in total. The number of rotatable bonds is 2. The third-order valence-corrected chi connectivity index (χ3v) is 14.0. The van der Waals surface area contributed by atoms with E-state index in [0.717, 1.165) is 7.87 Å². The molecule has 0 rings (SSSR count). The van der Waals surface area contributed by atoms with E-state index in [1.165, 1.54) is 0 Å². The summed E-state index contributed by atoms with van der Waals surface area (Å²) in [4.78, 5) is 0. The molecule has 0 aromatic carbocycles. The Balaban J connectivity index is 3.65. The molecule has 0 aromatic rings. The number of hydrogen-bond donors (Lipinski definition) is 0. The molecular weight excluding hydrogens is 223 g/mol. The van der Waals surface area contributed by atoms with Gasteiger partial charge in [0.2, 0.25) is 0 Å². The van der Waals surface area contributed by atoms with Gasteiger partial charge in [0, 0.05) is 0 Å². The van der Waals surface area contributed by atoms with Crippen LogP contribution in [-0.2, 0) is 0 Å². The van der Waals surface area contributed by atoms with Gasteiger partial charge in [-0.3, -0.25) is 0 Å². The zero-order chi connectivity index (χ0) is 6.73. The van der Waals surface area contributed by atoms with E-state index >= 15 is 0 Å². The van der Waals surface area contributed by atoms with Gasteiger partial charge in [-0.2, -0.15) is 0 Å². The molecule has 0 unspecified atom stereocenters. The van der Waals surface area contributed by atoms with Gasteiger partial charge in [0.25, 0.3) is 0 Å². The van der Waals surface area contributed by atoms with E-state index in [0.29, 0.717) is 0 Å². The fourth-order valence-corrected chi connectivity index (χ4v) is 4.47. The molecule has 8 heavy (non-hydrogen) atoms. The molecule has 0 spiro atoms. The fourth-order valence-electron chi connectivity index (χ4n) is 0.667. The molecule has 0 bridgehead atoms. The Morgan fingerprint density at radius 1 is 1.00 bits per heavy atom. The zero-order valence-electron chi connectivity index (χ0n) is 6.06. The second kappa shape index (κ2) is 3.94. The van der Waals surface area contributed by atoms with Crippen molar-refractivity contribution in [3.8, 4) is 0 Å². The Bertz CT molecular complexity index is 76.5. The SMILES string of the molecule is C[CH](C)[Sn](=[S])[CH](C)C. The van der Waals surface area contributed by atoms with Gasteiger partial charge < -0.3 is 0 Å². The van der Waals surface area contributed by atoms with Crippen molar-refractivity contribution in [2.24, 2.45) is 0 Å². The molecule has 48 valence electrons. The van der Waals surface area contributed by atoms with Gasteiger partial charge >= 0.3 is 62.7 Å². The molecule has 0 heterocycles. The van der Waals surface area contributed by atoms with Crippen molar-refractivity contribution in [2.45, 2.75) is 35.6 Å². The maximum absolute atomic E-state index is 5.38. The van der Waals surface area contributed by atoms with Crippen molar-refractivity contribution >= 4 is 27.1 Å². The first-order valence-electron chi connectivity index (χ1n) is 3.09. The van der Waals surface area contributed by atoms with Crippen LogP contribution in [0.5, 0.6) is 0 Å². The summed E-state index contributed by atoms with van der Waals surface area (Å²) in [7, 11) is 5.38. The van der Waals surface area contributed by atoms with Gasteiger partial charge in [0.1, 0.15) is 0 Å². The Labute approximate surface area is 62.6 Å². The van der Waals surface area contributed by atoms with Gasteiger partial charge in [-0.15, -0.1) is 0 Å². The zero-order valence-corrected chi connectivity index (χ0v) is 9.73. The van der Waals surface area contributed by atoms with Crippen LogP contribution in [0.25, 0.3) is 0 Å². The molecule has 2 heteroatoms.